The van der Waals surface area contributed by atoms with Gasteiger partial charge in [0.05, 0.1) is 18.4 Å². The molecular weight excluding hydrogens is 174 g/mol. The average Bonchev–Trinajstić information content (AvgIpc) is 2.16. The largest absolute Gasteiger partial charge is 0.465 e. The van der Waals surface area contributed by atoms with Crippen molar-refractivity contribution in [1.82, 2.24) is 0 Å². The highest BCUT2D eigenvalue weighted by atomic mass is 32.1. The number of benzene rings is 1. The summed E-state index contributed by atoms with van der Waals surface area (Å²) in [5, 5.41) is 0. The van der Waals surface area contributed by atoms with Crippen molar-refractivity contribution in [3.63, 3.8) is 0 Å². The number of hydrogen-bond donors (Lipinski definition) is 0. The minimum absolute atomic E-state index is 0.398. The summed E-state index contributed by atoms with van der Waals surface area (Å²) in [5.41, 5.74) is 0.870. The van der Waals surface area contributed by atoms with Gasteiger partial charge in [0.1, 0.15) is 0 Å². The molecule has 0 radical (unpaired) electrons. The van der Waals surface area contributed by atoms with E-state index in [1.807, 2.05) is 0 Å². The summed E-state index contributed by atoms with van der Waals surface area (Å²) in [4.78, 5) is 11.1. The molecule has 0 saturated carbocycles. The first-order valence-corrected chi connectivity index (χ1v) is 3.67. The Hall–Kier alpha value is -1.29. The lowest BCUT2D eigenvalue weighted by Gasteiger charge is -2.00. The molecule has 1 rings (SSSR count). The number of carbonyl (C=O) groups is 1. The van der Waals surface area contributed by atoms with Gasteiger partial charge in [-0.1, -0.05) is 12.1 Å². The van der Waals surface area contributed by atoms with Crippen molar-refractivity contribution in [1.29, 1.82) is 0 Å². The average molecular weight is 181 g/mol. The third kappa shape index (κ3) is 1.65. The molecule has 1 aromatic carbocycles. The molecule has 0 unspecified atom stereocenters. The van der Waals surface area contributed by atoms with E-state index in [2.05, 4.69) is 21.5 Å². The number of rotatable bonds is 2. The Morgan fingerprint density at radius 2 is 2.17 bits per heavy atom. The third-order valence-electron chi connectivity index (χ3n) is 1.41. The molecular formula is C8H7NO2S. The Labute approximate surface area is 75.5 Å². The van der Waals surface area contributed by atoms with Gasteiger partial charge in [-0.2, -0.15) is 4.36 Å². The molecule has 0 N–H and O–H groups in total. The van der Waals surface area contributed by atoms with Crippen LogP contribution in [-0.2, 0) is 17.2 Å². The summed E-state index contributed by atoms with van der Waals surface area (Å²) in [6.07, 6.45) is 0. The first kappa shape index (κ1) is 8.80. The van der Waals surface area contributed by atoms with Gasteiger partial charge in [-0.05, 0) is 12.1 Å². The molecule has 3 nitrogen and oxygen atoms in total. The van der Waals surface area contributed by atoms with Crippen LogP contribution in [0.5, 0.6) is 0 Å². The molecule has 0 aromatic heterocycles. The quantitative estimate of drug-likeness (QED) is 0.653. The molecule has 12 heavy (non-hydrogen) atoms. The fourth-order valence-electron chi connectivity index (χ4n) is 0.836. The highest BCUT2D eigenvalue weighted by molar-refractivity contribution is 7.47. The molecule has 0 amide bonds. The maximum atomic E-state index is 11.1. The minimum atomic E-state index is -0.417. The maximum absolute atomic E-state index is 11.1. The fourth-order valence-corrected chi connectivity index (χ4v) is 0.995. The van der Waals surface area contributed by atoms with Gasteiger partial charge in [0.15, 0.2) is 0 Å². The summed E-state index contributed by atoms with van der Waals surface area (Å²) in [5.74, 6) is -0.417. The monoisotopic (exact) mass is 181 g/mol. The number of carbonyl (C=O) groups excluding carboxylic acids is 1. The zero-order valence-corrected chi connectivity index (χ0v) is 7.30. The molecule has 0 saturated heterocycles. The SMILES string of the molecule is COC(=O)c1ccccc1N=S. The summed E-state index contributed by atoms with van der Waals surface area (Å²) >= 11 is 4.49. The van der Waals surface area contributed by atoms with E-state index >= 15 is 0 Å². The highest BCUT2D eigenvalue weighted by Crippen LogP contribution is 2.18. The summed E-state index contributed by atoms with van der Waals surface area (Å²) < 4.78 is 8.06. The van der Waals surface area contributed by atoms with Crippen LogP contribution in [-0.4, -0.2) is 13.1 Å². The zero-order chi connectivity index (χ0) is 8.97. The van der Waals surface area contributed by atoms with Crippen LogP contribution in [0, 0.1) is 0 Å². The van der Waals surface area contributed by atoms with Crippen LogP contribution in [0.3, 0.4) is 0 Å². The van der Waals surface area contributed by atoms with Gasteiger partial charge < -0.3 is 4.74 Å². The van der Waals surface area contributed by atoms with Gasteiger partial charge in [-0.25, -0.2) is 4.79 Å². The van der Waals surface area contributed by atoms with E-state index in [4.69, 9.17) is 0 Å². The van der Waals surface area contributed by atoms with Crippen molar-refractivity contribution in [3.05, 3.63) is 29.8 Å². The van der Waals surface area contributed by atoms with E-state index in [0.717, 1.165) is 0 Å². The first-order valence-electron chi connectivity index (χ1n) is 3.30. The normalized spacial score (nSPS) is 9.08. The molecule has 0 aliphatic carbocycles. The Morgan fingerprint density at radius 3 is 2.75 bits per heavy atom. The molecule has 1 aromatic rings. The summed E-state index contributed by atoms with van der Waals surface area (Å²) in [7, 11) is 1.32. The van der Waals surface area contributed by atoms with Gasteiger partial charge in [-0.3, -0.25) is 0 Å². The molecule has 0 fully saturated rings. The minimum Gasteiger partial charge on any atom is -0.465 e. The number of nitrogens with zero attached hydrogens (tertiary/aromatic N) is 1. The number of hydrogen-bond acceptors (Lipinski definition) is 4. The lowest BCUT2D eigenvalue weighted by atomic mass is 10.2. The van der Waals surface area contributed by atoms with Gasteiger partial charge in [0.2, 0.25) is 0 Å². The van der Waals surface area contributed by atoms with Crippen molar-refractivity contribution in [2.75, 3.05) is 7.11 Å². The van der Waals surface area contributed by atoms with Crippen molar-refractivity contribution >= 4 is 24.1 Å². The topological polar surface area (TPSA) is 38.7 Å². The van der Waals surface area contributed by atoms with Gasteiger partial charge in [0, 0.05) is 12.4 Å². The van der Waals surface area contributed by atoms with Gasteiger partial charge >= 0.3 is 5.97 Å². The lowest BCUT2D eigenvalue weighted by molar-refractivity contribution is 0.0602. The van der Waals surface area contributed by atoms with Crippen LogP contribution < -0.4 is 0 Å². The van der Waals surface area contributed by atoms with Crippen molar-refractivity contribution in [3.8, 4) is 0 Å². The molecule has 4 heteroatoms. The Kier molecular flexibility index (Phi) is 2.88. The molecule has 0 heterocycles. The second-order valence-corrected chi connectivity index (χ2v) is 2.28. The van der Waals surface area contributed by atoms with Gasteiger partial charge in [0.25, 0.3) is 0 Å². The van der Waals surface area contributed by atoms with Crippen LogP contribution in [0.2, 0.25) is 0 Å². The van der Waals surface area contributed by atoms with E-state index in [1.54, 1.807) is 24.3 Å². The fraction of sp³-hybridized carbons (Fsp3) is 0.125. The third-order valence-corrected chi connectivity index (χ3v) is 1.60. The van der Waals surface area contributed by atoms with Crippen molar-refractivity contribution in [2.24, 2.45) is 4.36 Å². The van der Waals surface area contributed by atoms with Crippen LogP contribution in [0.4, 0.5) is 5.69 Å². The smallest absolute Gasteiger partial charge is 0.340 e. The predicted molar refractivity (Wildman–Crippen MR) is 47.2 cm³/mol. The Balaban J connectivity index is 3.13. The second kappa shape index (κ2) is 3.92. The number of esters is 1. The van der Waals surface area contributed by atoms with Gasteiger partial charge in [-0.15, -0.1) is 0 Å². The van der Waals surface area contributed by atoms with E-state index < -0.39 is 5.97 Å². The summed E-state index contributed by atoms with van der Waals surface area (Å²) in [6, 6.07) is 6.78. The number of ether oxygens (including phenoxy) is 1. The molecule has 0 atom stereocenters. The van der Waals surface area contributed by atoms with E-state index in [0.29, 0.717) is 11.3 Å². The number of methoxy groups -OCH3 is 1. The predicted octanol–water partition coefficient (Wildman–Crippen LogP) is 1.84. The first-order chi connectivity index (χ1) is 5.79. The second-order valence-electron chi connectivity index (χ2n) is 2.10. The molecule has 0 aliphatic heterocycles. The van der Waals surface area contributed by atoms with Crippen LogP contribution in [0.25, 0.3) is 0 Å². The molecule has 62 valence electrons. The van der Waals surface area contributed by atoms with E-state index in [-0.39, 0.29) is 0 Å². The van der Waals surface area contributed by atoms with Crippen molar-refractivity contribution in [2.45, 2.75) is 0 Å². The zero-order valence-electron chi connectivity index (χ0n) is 6.48. The van der Waals surface area contributed by atoms with Crippen molar-refractivity contribution < 1.29 is 9.53 Å². The van der Waals surface area contributed by atoms with Crippen LogP contribution >= 0.6 is 0 Å². The highest BCUT2D eigenvalue weighted by Gasteiger charge is 2.09. The standard InChI is InChI=1S/C8H7NO2S/c1-11-8(10)6-4-2-3-5-7(6)9-12/h2-5H,1H3. The van der Waals surface area contributed by atoms with Crippen LogP contribution in [0.1, 0.15) is 10.4 Å². The summed E-state index contributed by atoms with van der Waals surface area (Å²) in [6.45, 7) is 0. The lowest BCUT2D eigenvalue weighted by Crippen LogP contribution is -2.00. The van der Waals surface area contributed by atoms with E-state index in [9.17, 15) is 4.79 Å². The Bertz CT molecular complexity index is 312. The molecule has 0 spiro atoms. The molecule has 0 aliphatic rings. The Morgan fingerprint density at radius 1 is 1.50 bits per heavy atom. The van der Waals surface area contributed by atoms with Crippen LogP contribution in [0.15, 0.2) is 28.6 Å². The maximum Gasteiger partial charge on any atom is 0.340 e. The molecule has 0 bridgehead atoms. The van der Waals surface area contributed by atoms with E-state index in [1.165, 1.54) is 7.11 Å².